The SMILES string of the molecule is C=CCCCCCCCCCCCCCCCC(=O)OC[C@H](COP(=O)(O)O)OC(=O)CCCCCCCCC/C=C/CCCCCCCC. The van der Waals surface area contributed by atoms with Crippen LogP contribution < -0.4 is 0 Å². The van der Waals surface area contributed by atoms with Crippen LogP contribution in [0.2, 0.25) is 0 Å². The summed E-state index contributed by atoms with van der Waals surface area (Å²) < 4.78 is 26.4. The average molecular weight is 729 g/mol. The first-order valence-corrected chi connectivity index (χ1v) is 22.1. The zero-order valence-corrected chi connectivity index (χ0v) is 33.0. The summed E-state index contributed by atoms with van der Waals surface area (Å²) in [5.74, 6) is -0.886. The van der Waals surface area contributed by atoms with E-state index in [2.05, 4.69) is 30.2 Å². The highest BCUT2D eigenvalue weighted by molar-refractivity contribution is 7.46. The molecule has 0 bridgehead atoms. The largest absolute Gasteiger partial charge is 0.469 e. The minimum absolute atomic E-state index is 0.209. The molecular formula is C41H77O8P. The molecule has 0 saturated heterocycles. The van der Waals surface area contributed by atoms with Crippen molar-refractivity contribution in [2.45, 2.75) is 212 Å². The number of hydrogen-bond donors (Lipinski definition) is 2. The standard InChI is InChI=1S/C41H77O8P/c1-3-5-7-9-11-13-15-17-19-20-22-24-26-28-30-32-34-36-41(43)49-39(38-48-50(44,45)46)37-47-40(42)35-33-31-29-27-25-23-21-18-16-14-12-10-8-6-4-2/h4,17,19,39H,2-3,5-16,18,20-38H2,1H3,(H2,44,45,46)/b19-17+/t39-/m1/s1. The first-order chi connectivity index (χ1) is 24.3. The summed E-state index contributed by atoms with van der Waals surface area (Å²) in [7, 11) is -4.75. The summed E-state index contributed by atoms with van der Waals surface area (Å²) in [6, 6.07) is 0. The van der Waals surface area contributed by atoms with Crippen molar-refractivity contribution in [1.82, 2.24) is 0 Å². The number of unbranched alkanes of at least 4 members (excludes halogenated alkanes) is 26. The van der Waals surface area contributed by atoms with Crippen LogP contribution in [0.5, 0.6) is 0 Å². The number of carbonyl (C=O) groups is 2. The van der Waals surface area contributed by atoms with Crippen LogP contribution in [0.15, 0.2) is 24.8 Å². The molecule has 0 fully saturated rings. The van der Waals surface area contributed by atoms with Crippen molar-refractivity contribution in [1.29, 1.82) is 0 Å². The van der Waals surface area contributed by atoms with E-state index in [9.17, 15) is 14.2 Å². The molecule has 9 heteroatoms. The minimum atomic E-state index is -4.75. The topological polar surface area (TPSA) is 119 Å². The van der Waals surface area contributed by atoms with Gasteiger partial charge in [0.15, 0.2) is 6.10 Å². The van der Waals surface area contributed by atoms with Gasteiger partial charge in [-0.25, -0.2) is 4.57 Å². The Hall–Kier alpha value is -1.47. The Bertz CT molecular complexity index is 856. The molecule has 0 saturated carbocycles. The van der Waals surface area contributed by atoms with Crippen molar-refractivity contribution in [2.24, 2.45) is 0 Å². The highest BCUT2D eigenvalue weighted by Gasteiger charge is 2.22. The predicted molar refractivity (Wildman–Crippen MR) is 207 cm³/mol. The maximum atomic E-state index is 12.4. The summed E-state index contributed by atoms with van der Waals surface area (Å²) >= 11 is 0. The van der Waals surface area contributed by atoms with E-state index in [1.807, 2.05) is 6.08 Å². The van der Waals surface area contributed by atoms with Crippen LogP contribution in [0.3, 0.4) is 0 Å². The molecule has 0 aromatic heterocycles. The van der Waals surface area contributed by atoms with Crippen molar-refractivity contribution in [3.63, 3.8) is 0 Å². The number of phosphoric ester groups is 1. The molecule has 0 amide bonds. The summed E-state index contributed by atoms with van der Waals surface area (Å²) in [5, 5.41) is 0. The van der Waals surface area contributed by atoms with Gasteiger partial charge in [0.2, 0.25) is 0 Å². The van der Waals surface area contributed by atoms with E-state index in [1.165, 1.54) is 128 Å². The Morgan fingerprint density at radius 1 is 0.560 bits per heavy atom. The Kier molecular flexibility index (Phi) is 36.2. The molecule has 0 aliphatic heterocycles. The normalized spacial score (nSPS) is 12.4. The first-order valence-electron chi connectivity index (χ1n) is 20.6. The number of ether oxygens (including phenoxy) is 2. The molecule has 1 atom stereocenters. The number of esters is 2. The van der Waals surface area contributed by atoms with E-state index in [0.717, 1.165) is 51.4 Å². The third-order valence-corrected chi connectivity index (χ3v) is 9.57. The van der Waals surface area contributed by atoms with Gasteiger partial charge in [-0.05, 0) is 51.4 Å². The molecule has 0 aromatic carbocycles. The molecule has 0 heterocycles. The Morgan fingerprint density at radius 3 is 1.36 bits per heavy atom. The molecule has 0 radical (unpaired) electrons. The molecule has 2 N–H and O–H groups in total. The number of hydrogen-bond acceptors (Lipinski definition) is 6. The minimum Gasteiger partial charge on any atom is -0.462 e. The van der Waals surface area contributed by atoms with E-state index < -0.39 is 32.5 Å². The van der Waals surface area contributed by atoms with Gasteiger partial charge in [-0.2, -0.15) is 0 Å². The lowest BCUT2D eigenvalue weighted by Gasteiger charge is -2.18. The summed E-state index contributed by atoms with van der Waals surface area (Å²) in [4.78, 5) is 42.8. The zero-order chi connectivity index (χ0) is 36.8. The number of rotatable bonds is 39. The van der Waals surface area contributed by atoms with E-state index in [4.69, 9.17) is 19.3 Å². The van der Waals surface area contributed by atoms with Crippen LogP contribution >= 0.6 is 7.82 Å². The molecule has 0 aromatic rings. The highest BCUT2D eigenvalue weighted by Crippen LogP contribution is 2.36. The van der Waals surface area contributed by atoms with Crippen LogP contribution in [0.4, 0.5) is 0 Å². The van der Waals surface area contributed by atoms with Crippen LogP contribution in [0, 0.1) is 0 Å². The molecule has 0 aliphatic rings. The van der Waals surface area contributed by atoms with E-state index in [1.54, 1.807) is 0 Å². The lowest BCUT2D eigenvalue weighted by Crippen LogP contribution is -2.29. The van der Waals surface area contributed by atoms with Gasteiger partial charge in [0.25, 0.3) is 0 Å². The summed E-state index contributed by atoms with van der Waals surface area (Å²) in [5.41, 5.74) is 0. The Balaban J connectivity index is 3.89. The molecular weight excluding hydrogens is 651 g/mol. The predicted octanol–water partition coefficient (Wildman–Crippen LogP) is 12.4. The van der Waals surface area contributed by atoms with Crippen LogP contribution in [-0.2, 0) is 28.2 Å². The highest BCUT2D eigenvalue weighted by atomic mass is 31.2. The lowest BCUT2D eigenvalue weighted by molar-refractivity contribution is -0.161. The van der Waals surface area contributed by atoms with Gasteiger partial charge in [0.05, 0.1) is 6.61 Å². The lowest BCUT2D eigenvalue weighted by atomic mass is 10.0. The molecule has 0 aliphatic carbocycles. The van der Waals surface area contributed by atoms with Gasteiger partial charge in [-0.3, -0.25) is 14.1 Å². The zero-order valence-electron chi connectivity index (χ0n) is 32.1. The van der Waals surface area contributed by atoms with Crippen molar-refractivity contribution >= 4 is 19.8 Å². The van der Waals surface area contributed by atoms with Gasteiger partial charge in [0, 0.05) is 12.8 Å². The Morgan fingerprint density at radius 2 is 0.940 bits per heavy atom. The summed E-state index contributed by atoms with van der Waals surface area (Å²) in [6.07, 6.45) is 40.7. The summed E-state index contributed by atoms with van der Waals surface area (Å²) in [6.45, 7) is 5.20. The van der Waals surface area contributed by atoms with E-state index in [0.29, 0.717) is 6.42 Å². The van der Waals surface area contributed by atoms with Gasteiger partial charge < -0.3 is 19.3 Å². The van der Waals surface area contributed by atoms with Crippen molar-refractivity contribution < 1.29 is 37.9 Å². The molecule has 50 heavy (non-hydrogen) atoms. The molecule has 8 nitrogen and oxygen atoms in total. The fraction of sp³-hybridized carbons (Fsp3) is 0.854. The molecule has 0 rings (SSSR count). The van der Waals surface area contributed by atoms with Crippen molar-refractivity contribution in [3.05, 3.63) is 24.8 Å². The number of phosphoric acid groups is 1. The number of allylic oxidation sites excluding steroid dienone is 3. The third-order valence-electron chi connectivity index (χ3n) is 9.09. The van der Waals surface area contributed by atoms with Gasteiger partial charge in [-0.15, -0.1) is 6.58 Å². The fourth-order valence-corrected chi connectivity index (χ4v) is 6.36. The van der Waals surface area contributed by atoms with Gasteiger partial charge in [0.1, 0.15) is 6.61 Å². The van der Waals surface area contributed by atoms with Crippen molar-refractivity contribution in [2.75, 3.05) is 13.2 Å². The first kappa shape index (κ1) is 48.5. The maximum absolute atomic E-state index is 12.4. The quantitative estimate of drug-likeness (QED) is 0.0278. The average Bonchev–Trinajstić information content (AvgIpc) is 3.08. The van der Waals surface area contributed by atoms with Crippen LogP contribution in [0.1, 0.15) is 206 Å². The monoisotopic (exact) mass is 729 g/mol. The third kappa shape index (κ3) is 39.3. The maximum Gasteiger partial charge on any atom is 0.469 e. The molecule has 0 unspecified atom stereocenters. The van der Waals surface area contributed by atoms with Crippen molar-refractivity contribution in [3.8, 4) is 0 Å². The van der Waals surface area contributed by atoms with Crippen LogP contribution in [-0.4, -0.2) is 41.0 Å². The van der Waals surface area contributed by atoms with E-state index >= 15 is 0 Å². The van der Waals surface area contributed by atoms with Gasteiger partial charge >= 0.3 is 19.8 Å². The fourth-order valence-electron chi connectivity index (χ4n) is 6.00. The van der Waals surface area contributed by atoms with Gasteiger partial charge in [-0.1, -0.05) is 160 Å². The second-order valence-corrected chi connectivity index (χ2v) is 15.3. The van der Waals surface area contributed by atoms with E-state index in [-0.39, 0.29) is 19.4 Å². The second-order valence-electron chi connectivity index (χ2n) is 14.0. The molecule has 294 valence electrons. The molecule has 0 spiro atoms. The smallest absolute Gasteiger partial charge is 0.462 e. The second kappa shape index (κ2) is 37.3. The Labute approximate surface area is 307 Å². The van der Waals surface area contributed by atoms with Crippen LogP contribution in [0.25, 0.3) is 0 Å². The number of carbonyl (C=O) groups excluding carboxylic acids is 2.